The largest absolute Gasteiger partial charge is 0.487 e. The maximum atomic E-state index is 11.4. The zero-order valence-electron chi connectivity index (χ0n) is 7.61. The summed E-state index contributed by atoms with van der Waals surface area (Å²) in [6.07, 6.45) is 1.55. The van der Waals surface area contributed by atoms with E-state index in [1.54, 1.807) is 11.5 Å². The fraction of sp³-hybridized carbons (Fsp3) is 0.556. The number of allylic oxidation sites excluding steroid dienone is 1. The number of ether oxygens (including phenoxy) is 1. The molecule has 2 unspecified atom stereocenters. The summed E-state index contributed by atoms with van der Waals surface area (Å²) in [5.74, 6) is 0.585. The van der Waals surface area contributed by atoms with Crippen LogP contribution in [0, 0.1) is 0 Å². The average molecular weight is 200 g/mol. The molecule has 72 valence electrons. The van der Waals surface area contributed by atoms with Crippen molar-refractivity contribution in [1.82, 2.24) is 0 Å². The van der Waals surface area contributed by atoms with Crippen LogP contribution in [0.4, 0.5) is 0 Å². The predicted molar refractivity (Wildman–Crippen MR) is 50.1 cm³/mol. The molecule has 2 atom stereocenters. The van der Waals surface area contributed by atoms with Crippen molar-refractivity contribution in [3.05, 3.63) is 22.1 Å². The van der Waals surface area contributed by atoms with Gasteiger partial charge < -0.3 is 9.84 Å². The number of rotatable bonds is 0. The van der Waals surface area contributed by atoms with Gasteiger partial charge in [0.2, 0.25) is 0 Å². The number of aliphatic hydroxyl groups excluding tert-OH is 1. The number of aliphatic hydroxyl groups is 1. The molecule has 1 N–H and O–H groups in total. The van der Waals surface area contributed by atoms with Gasteiger partial charge >= 0.3 is 0 Å². The second-order valence-electron chi connectivity index (χ2n) is 3.91. The van der Waals surface area contributed by atoms with Gasteiger partial charge in [-0.05, 0) is 19.9 Å². The fourth-order valence-electron chi connectivity index (χ4n) is 1.66. The molecule has 0 aromatic heterocycles. The lowest BCUT2D eigenvalue weighted by atomic mass is 9.97. The molecule has 3 nitrogen and oxygen atoms in total. The minimum atomic E-state index is -1.18. The third-order valence-electron chi connectivity index (χ3n) is 2.18. The monoisotopic (exact) mass is 200 g/mol. The molecule has 0 saturated carbocycles. The Kier molecular flexibility index (Phi) is 1.85. The molecular weight excluding hydrogens is 188 g/mol. The van der Waals surface area contributed by atoms with Crippen molar-refractivity contribution in [2.24, 2.45) is 0 Å². The summed E-state index contributed by atoms with van der Waals surface area (Å²) >= 11 is 0. The summed E-state index contributed by atoms with van der Waals surface area (Å²) in [4.78, 5) is 0.527. The third-order valence-corrected chi connectivity index (χ3v) is 3.47. The van der Waals surface area contributed by atoms with Crippen molar-refractivity contribution in [1.29, 1.82) is 0 Å². The quantitative estimate of drug-likeness (QED) is 0.635. The van der Waals surface area contributed by atoms with Crippen LogP contribution in [-0.2, 0) is 15.5 Å². The van der Waals surface area contributed by atoms with Gasteiger partial charge in [-0.2, -0.15) is 0 Å². The van der Waals surface area contributed by atoms with Gasteiger partial charge in [0, 0.05) is 11.8 Å². The van der Waals surface area contributed by atoms with Gasteiger partial charge in [0.15, 0.2) is 0 Å². The summed E-state index contributed by atoms with van der Waals surface area (Å²) in [5, 5.41) is 11.3. The van der Waals surface area contributed by atoms with Gasteiger partial charge in [0.05, 0.1) is 21.8 Å². The second-order valence-corrected chi connectivity index (χ2v) is 5.22. The summed E-state index contributed by atoms with van der Waals surface area (Å²) in [6.45, 7) is 3.82. The Morgan fingerprint density at radius 2 is 2.38 bits per heavy atom. The second kappa shape index (κ2) is 2.69. The van der Waals surface area contributed by atoms with Crippen LogP contribution in [0.25, 0.3) is 0 Å². The smallest absolute Gasteiger partial charge is 0.135 e. The number of hydrogen-bond donors (Lipinski definition) is 1. The van der Waals surface area contributed by atoms with Gasteiger partial charge in [-0.15, -0.1) is 0 Å². The van der Waals surface area contributed by atoms with Gasteiger partial charge in [-0.25, -0.2) is 4.21 Å². The van der Waals surface area contributed by atoms with Gasteiger partial charge in [0.25, 0.3) is 0 Å². The fourth-order valence-corrected chi connectivity index (χ4v) is 2.71. The summed E-state index contributed by atoms with van der Waals surface area (Å²) in [5.41, 5.74) is -0.364. The molecule has 2 rings (SSSR count). The van der Waals surface area contributed by atoms with E-state index in [4.69, 9.17) is 4.74 Å². The van der Waals surface area contributed by atoms with Gasteiger partial charge in [-0.3, -0.25) is 0 Å². The molecule has 4 heteroatoms. The van der Waals surface area contributed by atoms with E-state index in [0.717, 1.165) is 0 Å². The minimum absolute atomic E-state index is 0.364. The van der Waals surface area contributed by atoms with E-state index < -0.39 is 16.9 Å². The maximum Gasteiger partial charge on any atom is 0.135 e. The Labute approximate surface area is 79.5 Å². The molecule has 0 amide bonds. The lowest BCUT2D eigenvalue weighted by Crippen LogP contribution is -2.35. The standard InChI is InChI=1S/C9H12O3S/c1-9(2)5-6(10)8-7(12-9)3-4-13(8)11/h3-4,6,10H,5H2,1-2H3. The van der Waals surface area contributed by atoms with Crippen LogP contribution < -0.4 is 0 Å². The molecule has 13 heavy (non-hydrogen) atoms. The van der Waals surface area contributed by atoms with Crippen LogP contribution in [0.15, 0.2) is 22.1 Å². The summed E-state index contributed by atoms with van der Waals surface area (Å²) in [6, 6.07) is 0. The SMILES string of the molecule is CC1(C)CC(O)C2=C(C=CS2=O)O1. The first-order valence-electron chi connectivity index (χ1n) is 4.20. The van der Waals surface area contributed by atoms with Gasteiger partial charge in [0.1, 0.15) is 11.4 Å². The Balaban J connectivity index is 2.39. The Hall–Kier alpha value is -0.610. The molecule has 2 heterocycles. The first kappa shape index (κ1) is 8.97. The Morgan fingerprint density at radius 3 is 3.08 bits per heavy atom. The van der Waals surface area contributed by atoms with E-state index in [1.165, 1.54) is 0 Å². The molecule has 0 saturated heterocycles. The molecule has 2 aliphatic heterocycles. The molecular formula is C9H12O3S. The maximum absolute atomic E-state index is 11.4. The first-order chi connectivity index (χ1) is 5.99. The van der Waals surface area contributed by atoms with Crippen LogP contribution in [0.3, 0.4) is 0 Å². The van der Waals surface area contributed by atoms with Crippen molar-refractivity contribution in [2.75, 3.05) is 0 Å². The van der Waals surface area contributed by atoms with Crippen molar-refractivity contribution in [2.45, 2.75) is 32.0 Å². The van der Waals surface area contributed by atoms with Gasteiger partial charge in [-0.1, -0.05) is 0 Å². The van der Waals surface area contributed by atoms with E-state index in [-0.39, 0.29) is 5.60 Å². The third kappa shape index (κ3) is 1.44. The lowest BCUT2D eigenvalue weighted by Gasteiger charge is -2.34. The van der Waals surface area contributed by atoms with E-state index in [9.17, 15) is 9.32 Å². The van der Waals surface area contributed by atoms with Crippen molar-refractivity contribution in [3.63, 3.8) is 0 Å². The predicted octanol–water partition coefficient (Wildman–Crippen LogP) is 1.03. The molecule has 0 aliphatic carbocycles. The van der Waals surface area contributed by atoms with Crippen LogP contribution in [0.1, 0.15) is 20.3 Å². The Bertz CT molecular complexity index is 328. The summed E-state index contributed by atoms with van der Waals surface area (Å²) < 4.78 is 16.9. The highest BCUT2D eigenvalue weighted by Crippen LogP contribution is 2.36. The number of hydrogen-bond acceptors (Lipinski definition) is 3. The van der Waals surface area contributed by atoms with Crippen LogP contribution in [0.5, 0.6) is 0 Å². The highest BCUT2D eigenvalue weighted by molar-refractivity contribution is 7.92. The van der Waals surface area contributed by atoms with E-state index in [1.807, 2.05) is 13.8 Å². The highest BCUT2D eigenvalue weighted by Gasteiger charge is 2.37. The zero-order chi connectivity index (χ0) is 9.64. The van der Waals surface area contributed by atoms with Crippen molar-refractivity contribution in [3.8, 4) is 0 Å². The topological polar surface area (TPSA) is 46.5 Å². The Morgan fingerprint density at radius 1 is 1.69 bits per heavy atom. The van der Waals surface area contributed by atoms with Crippen LogP contribution in [-0.4, -0.2) is 21.0 Å². The molecule has 0 radical (unpaired) electrons. The van der Waals surface area contributed by atoms with Crippen LogP contribution in [0.2, 0.25) is 0 Å². The van der Waals surface area contributed by atoms with Crippen molar-refractivity contribution < 1.29 is 14.1 Å². The van der Waals surface area contributed by atoms with E-state index in [0.29, 0.717) is 17.1 Å². The highest BCUT2D eigenvalue weighted by atomic mass is 32.2. The molecule has 0 spiro atoms. The summed E-state index contributed by atoms with van der Waals surface area (Å²) in [7, 11) is -1.18. The minimum Gasteiger partial charge on any atom is -0.487 e. The van der Waals surface area contributed by atoms with E-state index >= 15 is 0 Å². The lowest BCUT2D eigenvalue weighted by molar-refractivity contribution is -0.0160. The van der Waals surface area contributed by atoms with Crippen LogP contribution >= 0.6 is 0 Å². The molecule has 0 aromatic carbocycles. The molecule has 0 fully saturated rings. The normalized spacial score (nSPS) is 35.9. The molecule has 0 aromatic rings. The van der Waals surface area contributed by atoms with E-state index in [2.05, 4.69) is 0 Å². The zero-order valence-corrected chi connectivity index (χ0v) is 8.43. The average Bonchev–Trinajstić information content (AvgIpc) is 2.28. The van der Waals surface area contributed by atoms with Crippen molar-refractivity contribution >= 4 is 10.8 Å². The molecule has 2 aliphatic rings. The molecule has 0 bridgehead atoms. The first-order valence-corrected chi connectivity index (χ1v) is 5.41.